The maximum Gasteiger partial charge on any atom is 0.494 e. The number of carbonyl (C=O) groups excluding carboxylic acids is 1. The Labute approximate surface area is 194 Å². The van der Waals surface area contributed by atoms with Crippen molar-refractivity contribution in [3.63, 3.8) is 0 Å². The molecule has 0 spiro atoms. The number of amides is 1. The zero-order valence-electron chi connectivity index (χ0n) is 21.4. The van der Waals surface area contributed by atoms with E-state index in [-0.39, 0.29) is 12.0 Å². The summed E-state index contributed by atoms with van der Waals surface area (Å²) in [7, 11) is -0.421. The molecule has 1 aromatic rings. The van der Waals surface area contributed by atoms with Gasteiger partial charge in [-0.1, -0.05) is 13.8 Å². The van der Waals surface area contributed by atoms with Gasteiger partial charge in [-0.25, -0.2) is 4.79 Å². The molecule has 3 heterocycles. The minimum atomic E-state index is -0.497. The summed E-state index contributed by atoms with van der Waals surface area (Å²) >= 11 is 0. The molecule has 0 radical (unpaired) electrons. The Morgan fingerprint density at radius 3 is 2.44 bits per heavy atom. The summed E-state index contributed by atoms with van der Waals surface area (Å²) in [6.07, 6.45) is 2.70. The average Bonchev–Trinajstić information content (AvgIpc) is 2.93. The number of pyridine rings is 1. The quantitative estimate of drug-likeness (QED) is 0.611. The van der Waals surface area contributed by atoms with Crippen molar-refractivity contribution in [1.82, 2.24) is 9.88 Å². The number of hydrogen-bond donors (Lipinski definition) is 0. The summed E-state index contributed by atoms with van der Waals surface area (Å²) < 4.78 is 18.3. The highest BCUT2D eigenvalue weighted by Gasteiger charge is 2.52. The maximum absolute atomic E-state index is 12.7. The van der Waals surface area contributed by atoms with Gasteiger partial charge >= 0.3 is 13.2 Å². The molecule has 1 amide bonds. The highest BCUT2D eigenvalue weighted by molar-refractivity contribution is 6.62. The second kappa shape index (κ2) is 8.98. The number of aromatic nitrogens is 1. The van der Waals surface area contributed by atoms with Crippen LogP contribution in [0.15, 0.2) is 12.1 Å². The lowest BCUT2D eigenvalue weighted by Crippen LogP contribution is -2.43. The minimum absolute atomic E-state index is 0.168. The van der Waals surface area contributed by atoms with E-state index in [1.807, 2.05) is 25.7 Å². The molecule has 2 atom stereocenters. The zero-order valence-corrected chi connectivity index (χ0v) is 21.4. The monoisotopic (exact) mass is 444 g/mol. The molecule has 3 rings (SSSR count). The largest absolute Gasteiger partial charge is 0.494 e. The van der Waals surface area contributed by atoms with Gasteiger partial charge in [0.1, 0.15) is 5.60 Å². The van der Waals surface area contributed by atoms with Crippen molar-refractivity contribution >= 4 is 18.7 Å². The predicted octanol–water partition coefficient (Wildman–Crippen LogP) is 5.01. The lowest BCUT2D eigenvalue weighted by atomic mass is 9.77. The number of ether oxygens (including phenoxy) is 1. The van der Waals surface area contributed by atoms with Crippen molar-refractivity contribution < 1.29 is 18.8 Å². The smallest absolute Gasteiger partial charge is 0.444 e. The van der Waals surface area contributed by atoms with Crippen molar-refractivity contribution in [3.8, 4) is 0 Å². The van der Waals surface area contributed by atoms with Crippen LogP contribution in [0.1, 0.15) is 105 Å². The van der Waals surface area contributed by atoms with E-state index in [0.29, 0.717) is 12.5 Å². The molecule has 6 nitrogen and oxygen atoms in total. The van der Waals surface area contributed by atoms with Gasteiger partial charge in [0.25, 0.3) is 0 Å². The molecule has 0 aromatic carbocycles. The van der Waals surface area contributed by atoms with Crippen molar-refractivity contribution in [3.05, 3.63) is 23.5 Å². The van der Waals surface area contributed by atoms with Crippen LogP contribution in [0.5, 0.6) is 0 Å². The summed E-state index contributed by atoms with van der Waals surface area (Å²) in [6, 6.07) is 4.26. The van der Waals surface area contributed by atoms with E-state index >= 15 is 0 Å². The summed E-state index contributed by atoms with van der Waals surface area (Å²) in [5.74, 6) is 0.503. The Kier molecular flexibility index (Phi) is 7.02. The number of hydrogen-bond acceptors (Lipinski definition) is 5. The molecule has 7 heteroatoms. The van der Waals surface area contributed by atoms with Gasteiger partial charge in [0, 0.05) is 30.4 Å². The molecule has 0 aliphatic carbocycles. The summed E-state index contributed by atoms with van der Waals surface area (Å²) in [5, 5.41) is 0. The van der Waals surface area contributed by atoms with Crippen molar-refractivity contribution in [2.75, 3.05) is 13.1 Å². The van der Waals surface area contributed by atoms with Gasteiger partial charge in [-0.3, -0.25) is 4.98 Å². The standard InChI is InChI=1S/C25H41BN2O4/c1-10-17(2)20-14-19(26-31-24(6,7)25(8,9)32-26)15-21(27-20)18-12-11-13-28(16-18)22(29)30-23(3,4)5/h14-15,17-18H,10-13,16H2,1-9H3. The Morgan fingerprint density at radius 2 is 1.88 bits per heavy atom. The first-order valence-corrected chi connectivity index (χ1v) is 12.1. The van der Waals surface area contributed by atoms with E-state index in [0.717, 1.165) is 42.7 Å². The molecular weight excluding hydrogens is 403 g/mol. The van der Waals surface area contributed by atoms with Gasteiger partial charge in [-0.05, 0) is 91.2 Å². The van der Waals surface area contributed by atoms with Gasteiger partial charge in [0.15, 0.2) is 0 Å². The molecule has 2 aliphatic rings. The van der Waals surface area contributed by atoms with Gasteiger partial charge in [0.2, 0.25) is 0 Å². The van der Waals surface area contributed by atoms with E-state index in [4.69, 9.17) is 19.0 Å². The number of piperidine rings is 1. The van der Waals surface area contributed by atoms with Crippen LogP contribution in [0, 0.1) is 0 Å². The number of nitrogens with zero attached hydrogens (tertiary/aromatic N) is 2. The third-order valence-electron chi connectivity index (χ3n) is 7.02. The van der Waals surface area contributed by atoms with Gasteiger partial charge in [-0.2, -0.15) is 0 Å². The van der Waals surface area contributed by atoms with Crippen LogP contribution in [0.25, 0.3) is 0 Å². The molecule has 2 aliphatic heterocycles. The Hall–Kier alpha value is -1.60. The Morgan fingerprint density at radius 1 is 1.25 bits per heavy atom. The highest BCUT2D eigenvalue weighted by atomic mass is 16.7. The lowest BCUT2D eigenvalue weighted by Gasteiger charge is -2.34. The van der Waals surface area contributed by atoms with Crippen LogP contribution in [0.2, 0.25) is 0 Å². The predicted molar refractivity (Wildman–Crippen MR) is 128 cm³/mol. The summed E-state index contributed by atoms with van der Waals surface area (Å²) in [6.45, 7) is 19.7. The van der Waals surface area contributed by atoms with Crippen LogP contribution in [-0.4, -0.2) is 53.0 Å². The fourth-order valence-corrected chi connectivity index (χ4v) is 4.09. The lowest BCUT2D eigenvalue weighted by molar-refractivity contribution is 0.00578. The van der Waals surface area contributed by atoms with Crippen molar-refractivity contribution in [1.29, 1.82) is 0 Å². The molecule has 2 saturated heterocycles. The third kappa shape index (κ3) is 5.48. The fourth-order valence-electron chi connectivity index (χ4n) is 4.09. The molecule has 2 fully saturated rings. The average molecular weight is 444 g/mol. The van der Waals surface area contributed by atoms with Crippen LogP contribution in [-0.2, 0) is 14.0 Å². The van der Waals surface area contributed by atoms with Crippen LogP contribution < -0.4 is 5.46 Å². The summed E-state index contributed by atoms with van der Waals surface area (Å²) in [5.41, 5.74) is 1.80. The first-order valence-electron chi connectivity index (χ1n) is 12.1. The minimum Gasteiger partial charge on any atom is -0.444 e. The highest BCUT2D eigenvalue weighted by Crippen LogP contribution is 2.37. The molecule has 1 aromatic heterocycles. The van der Waals surface area contributed by atoms with E-state index in [9.17, 15) is 4.79 Å². The SMILES string of the molecule is CCC(C)c1cc(B2OC(C)(C)C(C)(C)O2)cc(C2CCCN(C(=O)OC(C)(C)C)C2)n1. The first kappa shape index (κ1) is 25.0. The second-order valence-corrected chi connectivity index (χ2v) is 11.4. The molecular formula is C25H41BN2O4. The summed E-state index contributed by atoms with van der Waals surface area (Å²) in [4.78, 5) is 19.5. The second-order valence-electron chi connectivity index (χ2n) is 11.4. The van der Waals surface area contributed by atoms with Gasteiger partial charge in [0.05, 0.1) is 11.2 Å². The van der Waals surface area contributed by atoms with Crippen LogP contribution >= 0.6 is 0 Å². The van der Waals surface area contributed by atoms with Gasteiger partial charge < -0.3 is 18.9 Å². The normalized spacial score (nSPS) is 23.8. The van der Waals surface area contributed by atoms with Crippen LogP contribution in [0.4, 0.5) is 4.79 Å². The molecule has 32 heavy (non-hydrogen) atoms. The Bertz CT molecular complexity index is 818. The number of rotatable bonds is 4. The number of carbonyl (C=O) groups is 1. The Balaban J connectivity index is 1.89. The van der Waals surface area contributed by atoms with E-state index < -0.39 is 23.9 Å². The van der Waals surface area contributed by atoms with Crippen molar-refractivity contribution in [2.45, 2.75) is 110 Å². The molecule has 178 valence electrons. The maximum atomic E-state index is 12.7. The molecule has 0 bridgehead atoms. The fraction of sp³-hybridized carbons (Fsp3) is 0.760. The zero-order chi connectivity index (χ0) is 23.9. The molecule has 0 N–H and O–H groups in total. The van der Waals surface area contributed by atoms with E-state index in [1.54, 1.807) is 0 Å². The van der Waals surface area contributed by atoms with Crippen molar-refractivity contribution in [2.24, 2.45) is 0 Å². The van der Waals surface area contributed by atoms with Gasteiger partial charge in [-0.15, -0.1) is 0 Å². The van der Waals surface area contributed by atoms with E-state index in [1.165, 1.54) is 0 Å². The van der Waals surface area contributed by atoms with E-state index in [2.05, 4.69) is 53.7 Å². The first-order chi connectivity index (χ1) is 14.7. The van der Waals surface area contributed by atoms with Crippen LogP contribution in [0.3, 0.4) is 0 Å². The third-order valence-corrected chi connectivity index (χ3v) is 7.02. The number of likely N-dealkylation sites (tertiary alicyclic amines) is 1. The molecule has 0 saturated carbocycles. The molecule has 2 unspecified atom stereocenters. The topological polar surface area (TPSA) is 60.9 Å².